The maximum Gasteiger partial charge on any atom is 0.133 e. The first-order valence-electron chi connectivity index (χ1n) is 11.8. The minimum Gasteiger partial charge on any atom is -0.300 e. The third-order valence-corrected chi connectivity index (χ3v) is 10.1. The fourth-order valence-corrected chi connectivity index (χ4v) is 8.69. The Labute approximate surface area is 162 Å². The van der Waals surface area contributed by atoms with E-state index in [-0.39, 0.29) is 0 Å². The molecule has 0 spiro atoms. The first-order valence-corrected chi connectivity index (χ1v) is 11.8. The van der Waals surface area contributed by atoms with Gasteiger partial charge in [0.05, 0.1) is 0 Å². The van der Waals surface area contributed by atoms with Gasteiger partial charge in [-0.2, -0.15) is 0 Å². The van der Waals surface area contributed by atoms with Crippen molar-refractivity contribution < 1.29 is 4.79 Å². The summed E-state index contributed by atoms with van der Waals surface area (Å²) in [5.74, 6) is 6.67. The van der Waals surface area contributed by atoms with Gasteiger partial charge in [0.2, 0.25) is 0 Å². The van der Waals surface area contributed by atoms with Gasteiger partial charge in [-0.3, -0.25) is 4.79 Å². The molecule has 0 aromatic carbocycles. The van der Waals surface area contributed by atoms with Crippen molar-refractivity contribution in [1.29, 1.82) is 0 Å². The van der Waals surface area contributed by atoms with E-state index in [1.54, 1.807) is 0 Å². The highest BCUT2D eigenvalue weighted by Crippen LogP contribution is 2.68. The minimum absolute atomic E-state index is 0.350. The molecule has 0 radical (unpaired) electrons. The molecule has 0 unspecified atom stereocenters. The SMILES string of the molecule is CC(C)CC[C@H](C)[C@@H]1CC[C@H]2[C@H]3CC[C@H]4CC(=O)C[C@]4(C)[C@@H]3CC[C@@]21C. The lowest BCUT2D eigenvalue weighted by atomic mass is 9.47. The zero-order valence-electron chi connectivity index (χ0n) is 18.0. The summed E-state index contributed by atoms with van der Waals surface area (Å²) in [5.41, 5.74) is 0.937. The molecular formula is C25H42O. The Morgan fingerprint density at radius 1 is 0.923 bits per heavy atom. The van der Waals surface area contributed by atoms with Crippen molar-refractivity contribution in [3.63, 3.8) is 0 Å². The summed E-state index contributed by atoms with van der Waals surface area (Å²) in [5, 5.41) is 0. The van der Waals surface area contributed by atoms with Crippen molar-refractivity contribution in [2.24, 2.45) is 52.3 Å². The Morgan fingerprint density at radius 3 is 2.38 bits per heavy atom. The van der Waals surface area contributed by atoms with Crippen LogP contribution in [0.2, 0.25) is 0 Å². The highest BCUT2D eigenvalue weighted by molar-refractivity contribution is 5.82. The van der Waals surface area contributed by atoms with Crippen molar-refractivity contribution in [3.05, 3.63) is 0 Å². The molecule has 0 aromatic rings. The Kier molecular flexibility index (Phi) is 4.84. The molecule has 1 heteroatoms. The molecule has 0 heterocycles. The van der Waals surface area contributed by atoms with Crippen LogP contribution in [0.5, 0.6) is 0 Å². The highest BCUT2D eigenvalue weighted by Gasteiger charge is 2.61. The number of carbonyl (C=O) groups excluding carboxylic acids is 1. The van der Waals surface area contributed by atoms with Crippen LogP contribution in [0.3, 0.4) is 0 Å². The summed E-state index contributed by atoms with van der Waals surface area (Å²) in [6.07, 6.45) is 13.2. The normalized spacial score (nSPS) is 49.0. The van der Waals surface area contributed by atoms with E-state index in [4.69, 9.17) is 0 Å². The fourth-order valence-electron chi connectivity index (χ4n) is 8.69. The Balaban J connectivity index is 1.52. The monoisotopic (exact) mass is 358 g/mol. The molecule has 4 aliphatic rings. The van der Waals surface area contributed by atoms with Gasteiger partial charge in [0, 0.05) is 12.8 Å². The van der Waals surface area contributed by atoms with Crippen molar-refractivity contribution in [1.82, 2.24) is 0 Å². The second-order valence-corrected chi connectivity index (χ2v) is 11.8. The van der Waals surface area contributed by atoms with Crippen LogP contribution in [0.1, 0.15) is 98.8 Å². The average Bonchev–Trinajstić information content (AvgIpc) is 3.07. The van der Waals surface area contributed by atoms with Crippen LogP contribution >= 0.6 is 0 Å². The van der Waals surface area contributed by atoms with Gasteiger partial charge in [0.1, 0.15) is 5.78 Å². The van der Waals surface area contributed by atoms with E-state index in [2.05, 4.69) is 34.6 Å². The molecule has 4 rings (SSSR count). The minimum atomic E-state index is 0.350. The Morgan fingerprint density at radius 2 is 1.65 bits per heavy atom. The van der Waals surface area contributed by atoms with Crippen molar-refractivity contribution in [2.45, 2.75) is 98.8 Å². The molecule has 0 N–H and O–H groups in total. The van der Waals surface area contributed by atoms with Gasteiger partial charge in [-0.05, 0) is 90.8 Å². The standard InChI is InChI=1S/C25H42O/c1-16(2)6-7-17(3)21-10-11-22-20-9-8-18-14-19(26)15-25(18,5)23(20)12-13-24(21,22)4/h16-18,20-23H,6-15H2,1-5H3/t17-,18-,20+,21-,22-,23+,24+,25-/m0/s1. The van der Waals surface area contributed by atoms with Gasteiger partial charge in [-0.25, -0.2) is 0 Å². The maximum atomic E-state index is 12.2. The van der Waals surface area contributed by atoms with Gasteiger partial charge in [0.25, 0.3) is 0 Å². The molecule has 0 bridgehead atoms. The van der Waals surface area contributed by atoms with E-state index >= 15 is 0 Å². The molecule has 148 valence electrons. The predicted octanol–water partition coefficient (Wildman–Crippen LogP) is 6.90. The smallest absolute Gasteiger partial charge is 0.133 e. The van der Waals surface area contributed by atoms with Gasteiger partial charge in [-0.1, -0.05) is 47.5 Å². The lowest BCUT2D eigenvalue weighted by Crippen LogP contribution is -2.50. The first kappa shape index (κ1) is 19.0. The second kappa shape index (κ2) is 6.63. The lowest BCUT2D eigenvalue weighted by molar-refractivity contribution is -0.119. The van der Waals surface area contributed by atoms with E-state index < -0.39 is 0 Å². The molecule has 1 nitrogen and oxygen atoms in total. The Hall–Kier alpha value is -0.330. The molecule has 4 saturated carbocycles. The van der Waals surface area contributed by atoms with Gasteiger partial charge >= 0.3 is 0 Å². The van der Waals surface area contributed by atoms with Crippen LogP contribution in [-0.2, 0) is 4.79 Å². The summed E-state index contributed by atoms with van der Waals surface area (Å²) in [6, 6.07) is 0. The molecule has 0 aliphatic heterocycles. The summed E-state index contributed by atoms with van der Waals surface area (Å²) in [4.78, 5) is 12.2. The summed E-state index contributed by atoms with van der Waals surface area (Å²) in [6.45, 7) is 12.5. The van der Waals surface area contributed by atoms with Crippen LogP contribution in [0, 0.1) is 52.3 Å². The van der Waals surface area contributed by atoms with E-state index in [0.717, 1.165) is 48.3 Å². The van der Waals surface area contributed by atoms with Crippen LogP contribution in [0.15, 0.2) is 0 Å². The van der Waals surface area contributed by atoms with Crippen LogP contribution in [0.4, 0.5) is 0 Å². The van der Waals surface area contributed by atoms with E-state index in [0.29, 0.717) is 22.5 Å². The van der Waals surface area contributed by atoms with Gasteiger partial charge in [-0.15, -0.1) is 0 Å². The molecule has 8 atom stereocenters. The quantitative estimate of drug-likeness (QED) is 0.534. The molecule has 26 heavy (non-hydrogen) atoms. The van der Waals surface area contributed by atoms with Crippen LogP contribution < -0.4 is 0 Å². The maximum absolute atomic E-state index is 12.2. The number of hydrogen-bond acceptors (Lipinski definition) is 1. The van der Waals surface area contributed by atoms with Crippen molar-refractivity contribution in [2.75, 3.05) is 0 Å². The number of carbonyl (C=O) groups is 1. The first-order chi connectivity index (χ1) is 12.3. The predicted molar refractivity (Wildman–Crippen MR) is 109 cm³/mol. The molecule has 4 fully saturated rings. The number of rotatable bonds is 4. The third-order valence-electron chi connectivity index (χ3n) is 10.1. The average molecular weight is 359 g/mol. The second-order valence-electron chi connectivity index (χ2n) is 11.8. The van der Waals surface area contributed by atoms with E-state index in [9.17, 15) is 4.79 Å². The zero-order chi connectivity index (χ0) is 18.7. The largest absolute Gasteiger partial charge is 0.300 e. The number of ketones is 1. The van der Waals surface area contributed by atoms with E-state index in [1.165, 1.54) is 51.4 Å². The molecule has 4 aliphatic carbocycles. The number of Topliss-reactive ketones (excluding diaryl/α,β-unsaturated/α-hetero) is 1. The molecule has 0 aromatic heterocycles. The van der Waals surface area contributed by atoms with Gasteiger partial charge < -0.3 is 0 Å². The zero-order valence-corrected chi connectivity index (χ0v) is 18.0. The molecule has 0 saturated heterocycles. The fraction of sp³-hybridized carbons (Fsp3) is 0.960. The molecular weight excluding hydrogens is 316 g/mol. The number of fused-ring (bicyclic) bond motifs is 5. The summed E-state index contributed by atoms with van der Waals surface area (Å²) >= 11 is 0. The van der Waals surface area contributed by atoms with Crippen LogP contribution in [-0.4, -0.2) is 5.78 Å². The topological polar surface area (TPSA) is 17.1 Å². The van der Waals surface area contributed by atoms with Crippen LogP contribution in [0.25, 0.3) is 0 Å². The Bertz CT molecular complexity index is 550. The molecule has 0 amide bonds. The van der Waals surface area contributed by atoms with Crippen molar-refractivity contribution >= 4 is 5.78 Å². The summed E-state index contributed by atoms with van der Waals surface area (Å²) < 4.78 is 0. The number of hydrogen-bond donors (Lipinski definition) is 0. The third kappa shape index (κ3) is 2.82. The lowest BCUT2D eigenvalue weighted by Gasteiger charge is -2.58. The van der Waals surface area contributed by atoms with Gasteiger partial charge in [0.15, 0.2) is 0 Å². The van der Waals surface area contributed by atoms with E-state index in [1.807, 2.05) is 0 Å². The summed E-state index contributed by atoms with van der Waals surface area (Å²) in [7, 11) is 0. The van der Waals surface area contributed by atoms with Crippen molar-refractivity contribution in [3.8, 4) is 0 Å². The highest BCUT2D eigenvalue weighted by atomic mass is 16.1.